The van der Waals surface area contributed by atoms with Crippen molar-refractivity contribution in [1.29, 1.82) is 0 Å². The number of benzene rings is 2. The number of amides is 1. The summed E-state index contributed by atoms with van der Waals surface area (Å²) in [7, 11) is -4.17. The first-order valence-corrected chi connectivity index (χ1v) is 12.3. The van der Waals surface area contributed by atoms with E-state index >= 15 is 0 Å². The smallest absolute Gasteiger partial charge is 0.316 e. The number of piperidine rings is 1. The number of carbonyl (C=O) groups is 1. The number of anilines is 1. The molecule has 1 atom stereocenters. The molecule has 3 N–H and O–H groups in total. The zero-order valence-electron chi connectivity index (χ0n) is 18.3. The highest BCUT2D eigenvalue weighted by molar-refractivity contribution is 7.92. The van der Waals surface area contributed by atoms with Crippen LogP contribution in [0.2, 0.25) is 0 Å². The van der Waals surface area contributed by atoms with Crippen molar-refractivity contribution in [3.05, 3.63) is 65.9 Å². The molecule has 4 rings (SSSR count). The molecule has 12 heteroatoms. The largest absolute Gasteiger partial charge is 0.416 e. The molecule has 1 amide bonds. The topological polar surface area (TPSA) is 113 Å². The van der Waals surface area contributed by atoms with Crippen LogP contribution >= 0.6 is 0 Å². The molecule has 3 aromatic rings. The Morgan fingerprint density at radius 3 is 2.57 bits per heavy atom. The average molecular weight is 506 g/mol. The quantitative estimate of drug-likeness (QED) is 0.351. The molecule has 1 saturated heterocycles. The van der Waals surface area contributed by atoms with Gasteiger partial charge in [-0.2, -0.15) is 18.3 Å². The highest BCUT2D eigenvalue weighted by Gasteiger charge is 2.30. The normalized spacial score (nSPS) is 16.9. The minimum Gasteiger partial charge on any atom is -0.316 e. The van der Waals surface area contributed by atoms with E-state index in [1.165, 1.54) is 12.3 Å². The fourth-order valence-corrected chi connectivity index (χ4v) is 4.74. The Hall–Kier alpha value is -3.51. The fourth-order valence-electron chi connectivity index (χ4n) is 3.67. The third-order valence-electron chi connectivity index (χ3n) is 5.52. The van der Waals surface area contributed by atoms with Crippen LogP contribution in [0.4, 0.5) is 18.9 Å². The Bertz CT molecular complexity index is 1350. The summed E-state index contributed by atoms with van der Waals surface area (Å²) in [6.45, 7) is 1.48. The van der Waals surface area contributed by atoms with Crippen LogP contribution in [0.5, 0.6) is 0 Å². The molecule has 0 saturated carbocycles. The van der Waals surface area contributed by atoms with Gasteiger partial charge in [0, 0.05) is 11.9 Å². The monoisotopic (exact) mass is 505 g/mol. The van der Waals surface area contributed by atoms with Gasteiger partial charge in [0.15, 0.2) is 0 Å². The second kappa shape index (κ2) is 10.0. The molecule has 1 fully saturated rings. The second-order valence-electron chi connectivity index (χ2n) is 8.02. The number of fused-ring (bicyclic) bond motifs is 1. The number of hydrogen-bond donors (Lipinski definition) is 3. The molecular formula is C23H22F3N5O3S. The van der Waals surface area contributed by atoms with Gasteiger partial charge in [-0.1, -0.05) is 18.2 Å². The number of pyridine rings is 1. The van der Waals surface area contributed by atoms with E-state index in [1.54, 1.807) is 24.3 Å². The minimum absolute atomic E-state index is 0.148. The summed E-state index contributed by atoms with van der Waals surface area (Å²) in [5, 5.41) is 7.75. The van der Waals surface area contributed by atoms with E-state index in [2.05, 4.69) is 25.6 Å². The summed E-state index contributed by atoms with van der Waals surface area (Å²) in [6, 6.07) is 11.4. The van der Waals surface area contributed by atoms with E-state index in [0.717, 1.165) is 31.5 Å². The van der Waals surface area contributed by atoms with Gasteiger partial charge in [0.25, 0.3) is 10.0 Å². The van der Waals surface area contributed by atoms with E-state index in [0.29, 0.717) is 35.3 Å². The standard InChI is InChI=1S/C23H22F3N5O3S/c24-23(25,26)17-7-10-19(11-8-17)35(33,34)31-20-5-1-3-15-6-9-18(29-21(15)20)14-28-30-22(32)16-4-2-12-27-13-16/h1,3,5-11,14,16,27,31H,2,4,12-13H2,(H,30,32)/b28-14-. The number of aromatic nitrogens is 1. The summed E-state index contributed by atoms with van der Waals surface area (Å²) in [4.78, 5) is 16.3. The number of nitrogens with one attached hydrogen (secondary N) is 3. The van der Waals surface area contributed by atoms with Gasteiger partial charge in [-0.15, -0.1) is 0 Å². The lowest BCUT2D eigenvalue weighted by molar-refractivity contribution is -0.137. The van der Waals surface area contributed by atoms with Gasteiger partial charge in [0.1, 0.15) is 0 Å². The summed E-state index contributed by atoms with van der Waals surface area (Å²) in [6.07, 6.45) is -1.51. The number of sulfonamides is 1. The lowest BCUT2D eigenvalue weighted by Crippen LogP contribution is -2.38. The molecule has 0 spiro atoms. The molecule has 2 aromatic carbocycles. The molecule has 1 aliphatic heterocycles. The van der Waals surface area contributed by atoms with Crippen molar-refractivity contribution in [2.45, 2.75) is 23.9 Å². The summed E-state index contributed by atoms with van der Waals surface area (Å²) in [5.74, 6) is -0.351. The lowest BCUT2D eigenvalue weighted by atomic mass is 9.99. The molecule has 1 aromatic heterocycles. The maximum absolute atomic E-state index is 12.8. The molecule has 2 heterocycles. The van der Waals surface area contributed by atoms with E-state index in [-0.39, 0.29) is 22.4 Å². The maximum Gasteiger partial charge on any atom is 0.416 e. The summed E-state index contributed by atoms with van der Waals surface area (Å²) >= 11 is 0. The van der Waals surface area contributed by atoms with Gasteiger partial charge in [0.2, 0.25) is 5.91 Å². The number of halogens is 3. The molecule has 0 bridgehead atoms. The van der Waals surface area contributed by atoms with Crippen molar-refractivity contribution in [3.8, 4) is 0 Å². The molecule has 1 unspecified atom stereocenters. The van der Waals surface area contributed by atoms with E-state index in [4.69, 9.17) is 0 Å². The van der Waals surface area contributed by atoms with Crippen LogP contribution in [0.3, 0.4) is 0 Å². The Balaban J connectivity index is 1.53. The van der Waals surface area contributed by atoms with Gasteiger partial charge < -0.3 is 5.32 Å². The third-order valence-corrected chi connectivity index (χ3v) is 6.90. The van der Waals surface area contributed by atoms with Crippen molar-refractivity contribution >= 4 is 38.7 Å². The Morgan fingerprint density at radius 1 is 1.11 bits per heavy atom. The Morgan fingerprint density at radius 2 is 1.89 bits per heavy atom. The van der Waals surface area contributed by atoms with E-state index in [9.17, 15) is 26.4 Å². The van der Waals surface area contributed by atoms with Gasteiger partial charge in [-0.25, -0.2) is 18.8 Å². The molecule has 8 nitrogen and oxygen atoms in total. The zero-order valence-corrected chi connectivity index (χ0v) is 19.2. The predicted molar refractivity (Wildman–Crippen MR) is 125 cm³/mol. The molecular weight excluding hydrogens is 483 g/mol. The highest BCUT2D eigenvalue weighted by Crippen LogP contribution is 2.30. The molecule has 0 aliphatic carbocycles. The van der Waals surface area contributed by atoms with Crippen molar-refractivity contribution in [1.82, 2.24) is 15.7 Å². The first kappa shape index (κ1) is 24.6. The zero-order chi connectivity index (χ0) is 25.1. The van der Waals surface area contributed by atoms with E-state index in [1.807, 2.05) is 0 Å². The lowest BCUT2D eigenvalue weighted by Gasteiger charge is -2.20. The van der Waals surface area contributed by atoms with Crippen molar-refractivity contribution in [3.63, 3.8) is 0 Å². The number of alkyl halides is 3. The fraction of sp³-hybridized carbons (Fsp3) is 0.261. The molecule has 1 aliphatic rings. The first-order chi connectivity index (χ1) is 16.6. The molecule has 35 heavy (non-hydrogen) atoms. The third kappa shape index (κ3) is 5.95. The Kier molecular flexibility index (Phi) is 7.03. The molecule has 0 radical (unpaired) electrons. The number of nitrogens with zero attached hydrogens (tertiary/aromatic N) is 2. The summed E-state index contributed by atoms with van der Waals surface area (Å²) < 4.78 is 66.3. The minimum atomic E-state index is -4.57. The number of rotatable bonds is 6. The summed E-state index contributed by atoms with van der Waals surface area (Å²) in [5.41, 5.74) is 2.39. The Labute approximate surface area is 199 Å². The van der Waals surface area contributed by atoms with Crippen LogP contribution < -0.4 is 15.5 Å². The number of para-hydroxylation sites is 1. The van der Waals surface area contributed by atoms with E-state index < -0.39 is 21.8 Å². The van der Waals surface area contributed by atoms with Crippen LogP contribution in [0, 0.1) is 5.92 Å². The van der Waals surface area contributed by atoms with Gasteiger partial charge in [-0.3, -0.25) is 9.52 Å². The second-order valence-corrected chi connectivity index (χ2v) is 9.70. The van der Waals surface area contributed by atoms with Crippen LogP contribution in [-0.4, -0.2) is 38.6 Å². The van der Waals surface area contributed by atoms with Gasteiger partial charge in [-0.05, 0) is 55.8 Å². The first-order valence-electron chi connectivity index (χ1n) is 10.8. The van der Waals surface area contributed by atoms with Crippen LogP contribution in [-0.2, 0) is 21.0 Å². The van der Waals surface area contributed by atoms with Gasteiger partial charge >= 0.3 is 6.18 Å². The number of carbonyl (C=O) groups excluding carboxylic acids is 1. The SMILES string of the molecule is O=C(N/N=C\c1ccc2cccc(NS(=O)(=O)c3ccc(C(F)(F)F)cc3)c2n1)C1CCCNC1. The maximum atomic E-state index is 12.8. The van der Waals surface area contributed by atoms with Crippen LogP contribution in [0.1, 0.15) is 24.1 Å². The van der Waals surface area contributed by atoms with Crippen LogP contribution in [0.15, 0.2) is 64.6 Å². The van der Waals surface area contributed by atoms with Crippen molar-refractivity contribution < 1.29 is 26.4 Å². The van der Waals surface area contributed by atoms with Gasteiger partial charge in [0.05, 0.1) is 39.5 Å². The number of hydrogen-bond acceptors (Lipinski definition) is 6. The average Bonchev–Trinajstić information content (AvgIpc) is 2.84. The number of hydrazone groups is 1. The highest BCUT2D eigenvalue weighted by atomic mass is 32.2. The van der Waals surface area contributed by atoms with Crippen LogP contribution in [0.25, 0.3) is 10.9 Å². The van der Waals surface area contributed by atoms with Crippen molar-refractivity contribution in [2.24, 2.45) is 11.0 Å². The predicted octanol–water partition coefficient (Wildman–Crippen LogP) is 3.50. The molecule has 184 valence electrons. The van der Waals surface area contributed by atoms with Crippen molar-refractivity contribution in [2.75, 3.05) is 17.8 Å².